The van der Waals surface area contributed by atoms with Crippen LogP contribution in [-0.2, 0) is 9.47 Å². The number of halogens is 1. The monoisotopic (exact) mass is 351 g/mol. The topological polar surface area (TPSA) is 57.7 Å². The number of aromatic nitrogens is 1. The molecule has 1 fully saturated rings. The fourth-order valence-corrected chi connectivity index (χ4v) is 3.28. The Morgan fingerprint density at radius 1 is 1.50 bits per heavy atom. The second kappa shape index (κ2) is 7.27. The molecule has 1 saturated heterocycles. The fourth-order valence-electron chi connectivity index (χ4n) is 2.50. The Morgan fingerprint density at radius 3 is 2.96 bits per heavy atom. The highest BCUT2D eigenvalue weighted by molar-refractivity contribution is 7.14. The molecule has 0 aliphatic carbocycles. The number of nitrogens with zero attached hydrogens (tertiary/aromatic N) is 1. The number of hydrogen-bond acceptors (Lipinski definition) is 6. The molecule has 0 saturated carbocycles. The number of carbonyl (C=O) groups is 1. The van der Waals surface area contributed by atoms with E-state index in [-0.39, 0.29) is 11.1 Å². The van der Waals surface area contributed by atoms with Crippen LogP contribution >= 0.6 is 11.3 Å². The van der Waals surface area contributed by atoms with Gasteiger partial charge in [-0.25, -0.2) is 14.2 Å². The molecule has 0 amide bonds. The average molecular weight is 351 g/mol. The maximum absolute atomic E-state index is 14.7. The molecule has 5 nitrogen and oxygen atoms in total. The van der Waals surface area contributed by atoms with E-state index < -0.39 is 11.8 Å². The summed E-state index contributed by atoms with van der Waals surface area (Å²) in [7, 11) is 1.22. The van der Waals surface area contributed by atoms with Gasteiger partial charge in [-0.3, -0.25) is 0 Å². The van der Waals surface area contributed by atoms with Gasteiger partial charge in [-0.2, -0.15) is 0 Å². The average Bonchev–Trinajstić information content (AvgIpc) is 3.24. The zero-order valence-corrected chi connectivity index (χ0v) is 14.3. The van der Waals surface area contributed by atoms with Crippen LogP contribution in [-0.4, -0.2) is 37.9 Å². The van der Waals surface area contributed by atoms with Gasteiger partial charge in [-0.1, -0.05) is 0 Å². The molecule has 0 spiro atoms. The molecule has 1 aromatic carbocycles. The largest absolute Gasteiger partial charge is 0.493 e. The van der Waals surface area contributed by atoms with Crippen LogP contribution in [0, 0.1) is 18.7 Å². The molecule has 1 aromatic heterocycles. The summed E-state index contributed by atoms with van der Waals surface area (Å²) >= 11 is 1.36. The molecular weight excluding hydrogens is 333 g/mol. The highest BCUT2D eigenvalue weighted by Gasteiger charge is 2.22. The van der Waals surface area contributed by atoms with Crippen molar-refractivity contribution in [2.75, 3.05) is 26.9 Å². The first-order valence-corrected chi connectivity index (χ1v) is 8.45. The number of rotatable bonds is 5. The first-order chi connectivity index (χ1) is 11.6. The van der Waals surface area contributed by atoms with Crippen LogP contribution < -0.4 is 4.74 Å². The normalized spacial score (nSPS) is 17.0. The Bertz CT molecular complexity index is 740. The van der Waals surface area contributed by atoms with Crippen LogP contribution in [0.15, 0.2) is 18.3 Å². The lowest BCUT2D eigenvalue weighted by Crippen LogP contribution is -2.13. The molecule has 0 radical (unpaired) electrons. The molecule has 0 bridgehead atoms. The van der Waals surface area contributed by atoms with E-state index in [9.17, 15) is 9.18 Å². The summed E-state index contributed by atoms with van der Waals surface area (Å²) in [5, 5.41) is 0.504. The van der Waals surface area contributed by atoms with Gasteiger partial charge in [0, 0.05) is 23.6 Å². The number of methoxy groups -OCH3 is 1. The summed E-state index contributed by atoms with van der Waals surface area (Å²) < 4.78 is 30.5. The molecule has 1 aliphatic heterocycles. The predicted octanol–water partition coefficient (Wildman–Crippen LogP) is 3.46. The van der Waals surface area contributed by atoms with Crippen molar-refractivity contribution < 1.29 is 23.4 Å². The van der Waals surface area contributed by atoms with Crippen molar-refractivity contribution in [3.8, 4) is 16.3 Å². The second-order valence-electron chi connectivity index (χ2n) is 5.64. The van der Waals surface area contributed by atoms with Crippen LogP contribution in [0.3, 0.4) is 0 Å². The SMILES string of the molecule is COC(=O)c1cc(OC[C@@H]2CCOC2)cc(-c2ncc(C)s2)c1F. The standard InChI is InChI=1S/C17H18FNO4S/c1-10-7-19-16(24-10)13-5-12(23-9-11-3-4-22-8-11)6-14(15(13)18)17(20)21-2/h5-7,11H,3-4,8-9H2,1-2H3/t11-/m1/s1. The number of esters is 1. The Kier molecular flexibility index (Phi) is 5.11. The van der Waals surface area contributed by atoms with Gasteiger partial charge in [0.25, 0.3) is 0 Å². The van der Waals surface area contributed by atoms with Crippen LogP contribution in [0.4, 0.5) is 4.39 Å². The van der Waals surface area contributed by atoms with E-state index in [2.05, 4.69) is 9.72 Å². The van der Waals surface area contributed by atoms with Gasteiger partial charge in [0.05, 0.1) is 31.5 Å². The number of carbonyl (C=O) groups excluding carboxylic acids is 1. The van der Waals surface area contributed by atoms with E-state index in [4.69, 9.17) is 9.47 Å². The molecule has 7 heteroatoms. The van der Waals surface area contributed by atoms with E-state index >= 15 is 0 Å². The maximum Gasteiger partial charge on any atom is 0.341 e. The zero-order chi connectivity index (χ0) is 17.1. The van der Waals surface area contributed by atoms with Crippen LogP contribution in [0.1, 0.15) is 21.7 Å². The number of ether oxygens (including phenoxy) is 3. The Morgan fingerprint density at radius 2 is 2.33 bits per heavy atom. The highest BCUT2D eigenvalue weighted by atomic mass is 32.1. The Hall–Kier alpha value is -1.99. The van der Waals surface area contributed by atoms with Gasteiger partial charge in [-0.15, -0.1) is 11.3 Å². The minimum Gasteiger partial charge on any atom is -0.493 e. The van der Waals surface area contributed by atoms with Crippen molar-refractivity contribution in [2.45, 2.75) is 13.3 Å². The van der Waals surface area contributed by atoms with Crippen LogP contribution in [0.2, 0.25) is 0 Å². The van der Waals surface area contributed by atoms with Gasteiger partial charge >= 0.3 is 5.97 Å². The van der Waals surface area contributed by atoms with Crippen molar-refractivity contribution in [1.29, 1.82) is 0 Å². The highest BCUT2D eigenvalue weighted by Crippen LogP contribution is 2.33. The van der Waals surface area contributed by atoms with Gasteiger partial charge in [0.15, 0.2) is 0 Å². The fraction of sp³-hybridized carbons (Fsp3) is 0.412. The summed E-state index contributed by atoms with van der Waals surface area (Å²) in [5.41, 5.74) is 0.0918. The van der Waals surface area contributed by atoms with Crippen LogP contribution in [0.25, 0.3) is 10.6 Å². The molecule has 2 aromatic rings. The van der Waals surface area contributed by atoms with Gasteiger partial charge in [0.1, 0.15) is 16.6 Å². The van der Waals surface area contributed by atoms with E-state index in [1.807, 2.05) is 6.92 Å². The van der Waals surface area contributed by atoms with E-state index in [0.717, 1.165) is 17.9 Å². The van der Waals surface area contributed by atoms with E-state index in [1.165, 1.54) is 24.5 Å². The first-order valence-electron chi connectivity index (χ1n) is 7.63. The number of benzene rings is 1. The Balaban J connectivity index is 1.94. The molecule has 1 atom stereocenters. The summed E-state index contributed by atoms with van der Waals surface area (Å²) in [6.45, 7) is 3.74. The van der Waals surface area contributed by atoms with Crippen molar-refractivity contribution in [3.63, 3.8) is 0 Å². The zero-order valence-electron chi connectivity index (χ0n) is 13.5. The molecular formula is C17H18FNO4S. The minimum absolute atomic E-state index is 0.152. The van der Waals surface area contributed by atoms with Gasteiger partial charge in [-0.05, 0) is 25.5 Å². The molecule has 1 aliphatic rings. The Labute approximate surface area is 143 Å². The molecule has 2 heterocycles. The molecule has 0 unspecified atom stereocenters. The summed E-state index contributed by atoms with van der Waals surface area (Å²) in [6, 6.07) is 2.96. The molecule has 3 rings (SSSR count). The van der Waals surface area contributed by atoms with Crippen molar-refractivity contribution in [1.82, 2.24) is 4.98 Å². The second-order valence-corrected chi connectivity index (χ2v) is 6.88. The van der Waals surface area contributed by atoms with Crippen molar-refractivity contribution in [2.24, 2.45) is 5.92 Å². The molecule has 24 heavy (non-hydrogen) atoms. The maximum atomic E-state index is 14.7. The minimum atomic E-state index is -0.739. The van der Waals surface area contributed by atoms with Crippen molar-refractivity contribution in [3.05, 3.63) is 34.6 Å². The lowest BCUT2D eigenvalue weighted by Gasteiger charge is -2.13. The first kappa shape index (κ1) is 16.9. The number of hydrogen-bond donors (Lipinski definition) is 0. The smallest absolute Gasteiger partial charge is 0.341 e. The third-order valence-corrected chi connectivity index (χ3v) is 4.76. The number of thiazole rings is 1. The van der Waals surface area contributed by atoms with E-state index in [0.29, 0.717) is 29.9 Å². The third kappa shape index (κ3) is 3.57. The predicted molar refractivity (Wildman–Crippen MR) is 88.0 cm³/mol. The quantitative estimate of drug-likeness (QED) is 0.772. The lowest BCUT2D eigenvalue weighted by molar-refractivity contribution is 0.0595. The summed E-state index contributed by atoms with van der Waals surface area (Å²) in [4.78, 5) is 17.0. The third-order valence-electron chi connectivity index (χ3n) is 3.81. The number of aryl methyl sites for hydroxylation is 1. The summed E-state index contributed by atoms with van der Waals surface area (Å²) in [5.74, 6) is -0.654. The van der Waals surface area contributed by atoms with Crippen molar-refractivity contribution >= 4 is 17.3 Å². The molecule has 128 valence electrons. The van der Waals surface area contributed by atoms with Gasteiger partial charge < -0.3 is 14.2 Å². The van der Waals surface area contributed by atoms with Gasteiger partial charge in [0.2, 0.25) is 0 Å². The molecule has 0 N–H and O–H groups in total. The summed E-state index contributed by atoms with van der Waals surface area (Å²) in [6.07, 6.45) is 2.60. The van der Waals surface area contributed by atoms with E-state index in [1.54, 1.807) is 12.3 Å². The lowest BCUT2D eigenvalue weighted by atomic mass is 10.1. The van der Waals surface area contributed by atoms with Crippen LogP contribution in [0.5, 0.6) is 5.75 Å².